The molecule has 108 valence electrons. The number of nitrogens with two attached hydrogens (primary N) is 1. The highest BCUT2D eigenvalue weighted by molar-refractivity contribution is 7.89. The number of sulfonamides is 1. The Bertz CT molecular complexity index is 530. The van der Waals surface area contributed by atoms with Gasteiger partial charge in [-0.25, -0.2) is 13.1 Å². The van der Waals surface area contributed by atoms with Gasteiger partial charge in [-0.3, -0.25) is 0 Å². The maximum Gasteiger partial charge on any atom is 0.241 e. The van der Waals surface area contributed by atoms with E-state index in [4.69, 9.17) is 5.73 Å². The summed E-state index contributed by atoms with van der Waals surface area (Å²) >= 11 is 0. The molecule has 0 heterocycles. The van der Waals surface area contributed by atoms with Crippen LogP contribution >= 0.6 is 0 Å². The zero-order valence-corrected chi connectivity index (χ0v) is 13.0. The van der Waals surface area contributed by atoms with E-state index in [1.54, 1.807) is 26.0 Å². The molecule has 0 aromatic heterocycles. The topological polar surface area (TPSA) is 75.4 Å². The molecule has 0 aliphatic rings. The highest BCUT2D eigenvalue weighted by Crippen LogP contribution is 2.22. The van der Waals surface area contributed by atoms with Gasteiger partial charge in [-0.05, 0) is 58.1 Å². The molecule has 0 saturated heterocycles. The van der Waals surface area contributed by atoms with Gasteiger partial charge in [0, 0.05) is 18.3 Å². The first-order valence-corrected chi connectivity index (χ1v) is 7.66. The summed E-state index contributed by atoms with van der Waals surface area (Å²) in [7, 11) is 0.332. The minimum atomic E-state index is -3.50. The lowest BCUT2D eigenvalue weighted by atomic mass is 10.1. The van der Waals surface area contributed by atoms with Crippen molar-refractivity contribution in [3.63, 3.8) is 0 Å². The van der Waals surface area contributed by atoms with Crippen molar-refractivity contribution in [2.75, 3.05) is 26.4 Å². The third-order valence-electron chi connectivity index (χ3n) is 3.20. The number of nitrogens with one attached hydrogen (secondary N) is 1. The van der Waals surface area contributed by atoms with E-state index in [9.17, 15) is 8.42 Å². The normalized spacial score (nSPS) is 13.8. The monoisotopic (exact) mass is 285 g/mol. The molecule has 0 aliphatic carbocycles. The third kappa shape index (κ3) is 3.92. The number of rotatable bonds is 5. The first-order chi connectivity index (χ1) is 8.65. The second kappa shape index (κ2) is 5.90. The molecular formula is C13H23N3O2S. The van der Waals surface area contributed by atoms with Crippen LogP contribution in [0.3, 0.4) is 0 Å². The van der Waals surface area contributed by atoms with Crippen LogP contribution in [0.15, 0.2) is 17.0 Å². The maximum absolute atomic E-state index is 12.3. The number of anilines is 1. The van der Waals surface area contributed by atoms with E-state index in [2.05, 4.69) is 4.72 Å². The van der Waals surface area contributed by atoms with E-state index in [1.165, 1.54) is 0 Å². The Labute approximate surface area is 115 Å². The molecule has 1 aromatic carbocycles. The summed E-state index contributed by atoms with van der Waals surface area (Å²) in [5.41, 5.74) is 7.63. The Kier molecular flexibility index (Phi) is 4.95. The Balaban J connectivity index is 3.02. The second-order valence-electron chi connectivity index (χ2n) is 5.15. The lowest BCUT2D eigenvalue weighted by Gasteiger charge is -2.21. The zero-order chi connectivity index (χ0) is 14.8. The molecule has 1 rings (SSSR count). The first-order valence-electron chi connectivity index (χ1n) is 6.18. The number of likely N-dealkylation sites (N-methyl/N-ethyl adjacent to an activating group) is 1. The van der Waals surface area contributed by atoms with Crippen molar-refractivity contribution in [3.8, 4) is 0 Å². The summed E-state index contributed by atoms with van der Waals surface area (Å²) in [6.07, 6.45) is 0. The lowest BCUT2D eigenvalue weighted by Crippen LogP contribution is -2.38. The van der Waals surface area contributed by atoms with Gasteiger partial charge in [0.2, 0.25) is 10.0 Å². The lowest BCUT2D eigenvalue weighted by molar-refractivity contribution is 0.314. The average Bonchev–Trinajstić information content (AvgIpc) is 2.23. The van der Waals surface area contributed by atoms with E-state index in [1.807, 2.05) is 25.9 Å². The van der Waals surface area contributed by atoms with Gasteiger partial charge in [0.15, 0.2) is 0 Å². The molecule has 0 bridgehead atoms. The van der Waals surface area contributed by atoms with E-state index in [0.717, 1.165) is 0 Å². The fraction of sp³-hybridized carbons (Fsp3) is 0.538. The molecule has 6 heteroatoms. The predicted octanol–water partition coefficient (Wildman–Crippen LogP) is 1.11. The SMILES string of the molecule is Cc1cc(N)cc(C)c1S(=O)(=O)NCC(C)N(C)C. The average molecular weight is 285 g/mol. The summed E-state index contributed by atoms with van der Waals surface area (Å²) in [5, 5.41) is 0. The molecular weight excluding hydrogens is 262 g/mol. The molecule has 0 amide bonds. The van der Waals surface area contributed by atoms with Crippen LogP contribution in [-0.2, 0) is 10.0 Å². The van der Waals surface area contributed by atoms with Gasteiger partial charge in [0.05, 0.1) is 4.90 Å². The predicted molar refractivity (Wildman–Crippen MR) is 78.7 cm³/mol. The molecule has 3 N–H and O–H groups in total. The van der Waals surface area contributed by atoms with Crippen molar-refractivity contribution >= 4 is 15.7 Å². The second-order valence-corrected chi connectivity index (χ2v) is 6.85. The Morgan fingerprint density at radius 3 is 2.16 bits per heavy atom. The van der Waals surface area contributed by atoms with Gasteiger partial charge in [-0.2, -0.15) is 0 Å². The van der Waals surface area contributed by atoms with Crippen LogP contribution in [0.1, 0.15) is 18.1 Å². The smallest absolute Gasteiger partial charge is 0.241 e. The summed E-state index contributed by atoms with van der Waals surface area (Å²) in [4.78, 5) is 2.29. The van der Waals surface area contributed by atoms with Crippen molar-refractivity contribution in [1.29, 1.82) is 0 Å². The third-order valence-corrected chi connectivity index (χ3v) is 4.93. The van der Waals surface area contributed by atoms with Crippen LogP contribution < -0.4 is 10.5 Å². The van der Waals surface area contributed by atoms with Gasteiger partial charge < -0.3 is 10.6 Å². The van der Waals surface area contributed by atoms with Crippen LogP contribution in [-0.4, -0.2) is 40.0 Å². The van der Waals surface area contributed by atoms with Gasteiger partial charge in [0.25, 0.3) is 0 Å². The van der Waals surface area contributed by atoms with Crippen molar-refractivity contribution in [2.24, 2.45) is 0 Å². The summed E-state index contributed by atoms with van der Waals surface area (Å²) < 4.78 is 27.3. The zero-order valence-electron chi connectivity index (χ0n) is 12.2. The molecule has 1 atom stereocenters. The quantitative estimate of drug-likeness (QED) is 0.795. The minimum Gasteiger partial charge on any atom is -0.399 e. The number of benzene rings is 1. The Morgan fingerprint density at radius 2 is 1.74 bits per heavy atom. The van der Waals surface area contributed by atoms with Crippen LogP contribution in [0.5, 0.6) is 0 Å². The first kappa shape index (κ1) is 15.9. The van der Waals surface area contributed by atoms with Gasteiger partial charge >= 0.3 is 0 Å². The van der Waals surface area contributed by atoms with Crippen molar-refractivity contribution in [1.82, 2.24) is 9.62 Å². The largest absolute Gasteiger partial charge is 0.399 e. The molecule has 0 saturated carbocycles. The highest BCUT2D eigenvalue weighted by Gasteiger charge is 2.20. The summed E-state index contributed by atoms with van der Waals surface area (Å²) in [6.45, 7) is 5.85. The minimum absolute atomic E-state index is 0.129. The Hall–Kier alpha value is -1.11. The number of nitrogen functional groups attached to an aromatic ring is 1. The van der Waals surface area contributed by atoms with Crippen LogP contribution in [0, 0.1) is 13.8 Å². The maximum atomic E-state index is 12.3. The molecule has 0 radical (unpaired) electrons. The van der Waals surface area contributed by atoms with Gasteiger partial charge in [0.1, 0.15) is 0 Å². The Morgan fingerprint density at radius 1 is 1.26 bits per heavy atom. The van der Waals surface area contributed by atoms with E-state index < -0.39 is 10.0 Å². The number of hydrogen-bond acceptors (Lipinski definition) is 4. The standard InChI is InChI=1S/C13H23N3O2S/c1-9-6-12(14)7-10(2)13(9)19(17,18)15-8-11(3)16(4)5/h6-7,11,15H,8,14H2,1-5H3. The van der Waals surface area contributed by atoms with E-state index >= 15 is 0 Å². The number of nitrogens with zero attached hydrogens (tertiary/aromatic N) is 1. The highest BCUT2D eigenvalue weighted by atomic mass is 32.2. The fourth-order valence-corrected chi connectivity index (χ4v) is 3.46. The van der Waals surface area contributed by atoms with Crippen molar-refractivity contribution in [3.05, 3.63) is 23.3 Å². The number of aryl methyl sites for hydroxylation is 2. The molecule has 5 nitrogen and oxygen atoms in total. The fourth-order valence-electron chi connectivity index (χ4n) is 1.89. The van der Waals surface area contributed by atoms with Gasteiger partial charge in [-0.1, -0.05) is 0 Å². The van der Waals surface area contributed by atoms with Crippen LogP contribution in [0.25, 0.3) is 0 Å². The molecule has 19 heavy (non-hydrogen) atoms. The number of hydrogen-bond donors (Lipinski definition) is 2. The summed E-state index contributed by atoms with van der Waals surface area (Å²) in [6, 6.07) is 3.48. The van der Waals surface area contributed by atoms with Crippen LogP contribution in [0.4, 0.5) is 5.69 Å². The van der Waals surface area contributed by atoms with Gasteiger partial charge in [-0.15, -0.1) is 0 Å². The molecule has 1 aromatic rings. The van der Waals surface area contributed by atoms with Crippen molar-refractivity contribution in [2.45, 2.75) is 31.7 Å². The van der Waals surface area contributed by atoms with Crippen LogP contribution in [0.2, 0.25) is 0 Å². The van der Waals surface area contributed by atoms with Crippen molar-refractivity contribution < 1.29 is 8.42 Å². The molecule has 0 aliphatic heterocycles. The molecule has 1 unspecified atom stereocenters. The van der Waals surface area contributed by atoms with E-state index in [-0.39, 0.29) is 6.04 Å². The van der Waals surface area contributed by atoms with E-state index in [0.29, 0.717) is 28.3 Å². The molecule has 0 fully saturated rings. The summed E-state index contributed by atoms with van der Waals surface area (Å²) in [5.74, 6) is 0. The molecule has 0 spiro atoms.